The lowest BCUT2D eigenvalue weighted by Gasteiger charge is -2.11. The summed E-state index contributed by atoms with van der Waals surface area (Å²) in [6.07, 6.45) is 1.17. The van der Waals surface area contributed by atoms with Gasteiger partial charge < -0.3 is 4.57 Å². The Labute approximate surface area is 125 Å². The van der Waals surface area contributed by atoms with Crippen LogP contribution in [0.4, 0.5) is 0 Å². The lowest BCUT2D eigenvalue weighted by Crippen LogP contribution is -2.11. The van der Waals surface area contributed by atoms with Gasteiger partial charge in [0.15, 0.2) is 0 Å². The zero-order valence-electron chi connectivity index (χ0n) is 12.0. The predicted molar refractivity (Wildman–Crippen MR) is 81.0 cm³/mol. The van der Waals surface area contributed by atoms with Crippen LogP contribution in [0.15, 0.2) is 30.3 Å². The molecule has 4 heteroatoms. The first-order chi connectivity index (χ1) is 9.70. The number of aromatic nitrogens is 3. The van der Waals surface area contributed by atoms with Crippen LogP contribution in [-0.2, 0) is 12.4 Å². The zero-order valence-corrected chi connectivity index (χ0v) is 12.7. The van der Waals surface area contributed by atoms with Crippen molar-refractivity contribution < 1.29 is 0 Å². The maximum atomic E-state index is 5.98. The van der Waals surface area contributed by atoms with Gasteiger partial charge in [-0.15, -0.1) is 21.8 Å². The van der Waals surface area contributed by atoms with Gasteiger partial charge in [0.1, 0.15) is 11.6 Å². The molecule has 1 heterocycles. The average molecular weight is 290 g/mol. The fraction of sp³-hybridized carbons (Fsp3) is 0.500. The van der Waals surface area contributed by atoms with E-state index in [0.29, 0.717) is 23.6 Å². The standard InChI is InChI=1S/C16H20ClN3/c1-11(2)10-20-15(9-17)18-19-16(20)14-8-13(14)12-6-4-3-5-7-12/h3-7,11,13-14H,8-10H2,1-2H3. The Hall–Kier alpha value is -1.35. The second-order valence-corrected chi connectivity index (χ2v) is 6.24. The maximum absolute atomic E-state index is 5.98. The molecule has 1 fully saturated rings. The molecule has 20 heavy (non-hydrogen) atoms. The molecule has 0 saturated heterocycles. The highest BCUT2D eigenvalue weighted by molar-refractivity contribution is 6.16. The van der Waals surface area contributed by atoms with Crippen molar-refractivity contribution in [3.8, 4) is 0 Å². The maximum Gasteiger partial charge on any atom is 0.147 e. The second kappa shape index (κ2) is 5.57. The highest BCUT2D eigenvalue weighted by Crippen LogP contribution is 2.54. The third-order valence-corrected chi connectivity index (χ3v) is 4.11. The van der Waals surface area contributed by atoms with Gasteiger partial charge >= 0.3 is 0 Å². The zero-order chi connectivity index (χ0) is 14.1. The Bertz CT molecular complexity index is 577. The van der Waals surface area contributed by atoms with Crippen molar-refractivity contribution in [2.75, 3.05) is 0 Å². The summed E-state index contributed by atoms with van der Waals surface area (Å²) in [5, 5.41) is 8.66. The fourth-order valence-corrected chi connectivity index (χ4v) is 3.03. The van der Waals surface area contributed by atoms with Crippen molar-refractivity contribution in [1.82, 2.24) is 14.8 Å². The second-order valence-electron chi connectivity index (χ2n) is 5.97. The van der Waals surface area contributed by atoms with E-state index in [1.807, 2.05) is 0 Å². The van der Waals surface area contributed by atoms with Crippen LogP contribution in [0.2, 0.25) is 0 Å². The molecule has 1 aromatic heterocycles. The van der Waals surface area contributed by atoms with Crippen molar-refractivity contribution in [2.45, 2.75) is 44.5 Å². The van der Waals surface area contributed by atoms with Crippen molar-refractivity contribution >= 4 is 11.6 Å². The number of hydrogen-bond acceptors (Lipinski definition) is 2. The highest BCUT2D eigenvalue weighted by Gasteiger charge is 2.43. The Morgan fingerprint density at radius 1 is 1.20 bits per heavy atom. The summed E-state index contributed by atoms with van der Waals surface area (Å²) in [6, 6.07) is 10.7. The quantitative estimate of drug-likeness (QED) is 0.781. The van der Waals surface area contributed by atoms with Gasteiger partial charge in [-0.05, 0) is 23.8 Å². The Kier molecular flexibility index (Phi) is 3.79. The number of alkyl halides is 1. The molecule has 2 unspecified atom stereocenters. The number of benzene rings is 1. The van der Waals surface area contributed by atoms with E-state index >= 15 is 0 Å². The fourth-order valence-electron chi connectivity index (χ4n) is 2.84. The Morgan fingerprint density at radius 3 is 2.60 bits per heavy atom. The van der Waals surface area contributed by atoms with Gasteiger partial charge in [-0.2, -0.15) is 0 Å². The van der Waals surface area contributed by atoms with Crippen molar-refractivity contribution in [1.29, 1.82) is 0 Å². The van der Waals surface area contributed by atoms with E-state index in [2.05, 4.69) is 58.9 Å². The molecule has 1 aromatic carbocycles. The first-order valence-electron chi connectivity index (χ1n) is 7.23. The molecule has 0 aliphatic heterocycles. The molecule has 0 N–H and O–H groups in total. The van der Waals surface area contributed by atoms with E-state index < -0.39 is 0 Å². The minimum absolute atomic E-state index is 0.433. The number of rotatable bonds is 5. The van der Waals surface area contributed by atoms with Crippen molar-refractivity contribution in [3.63, 3.8) is 0 Å². The molecule has 0 spiro atoms. The van der Waals surface area contributed by atoms with E-state index in [9.17, 15) is 0 Å². The van der Waals surface area contributed by atoms with Crippen LogP contribution < -0.4 is 0 Å². The smallest absolute Gasteiger partial charge is 0.147 e. The van der Waals surface area contributed by atoms with Crippen molar-refractivity contribution in [3.05, 3.63) is 47.5 Å². The number of nitrogens with zero attached hydrogens (tertiary/aromatic N) is 3. The Balaban J connectivity index is 1.84. The van der Waals surface area contributed by atoms with E-state index in [0.717, 1.165) is 18.2 Å². The molecule has 3 rings (SSSR count). The first kappa shape index (κ1) is 13.6. The van der Waals surface area contributed by atoms with Crippen molar-refractivity contribution in [2.24, 2.45) is 5.92 Å². The highest BCUT2D eigenvalue weighted by atomic mass is 35.5. The molecule has 0 amide bonds. The lowest BCUT2D eigenvalue weighted by atomic mass is 10.1. The molecular formula is C16H20ClN3. The summed E-state index contributed by atoms with van der Waals surface area (Å²) in [5.41, 5.74) is 1.41. The molecule has 1 saturated carbocycles. The summed E-state index contributed by atoms with van der Waals surface area (Å²) in [4.78, 5) is 0. The summed E-state index contributed by atoms with van der Waals surface area (Å²) < 4.78 is 2.23. The van der Waals surface area contributed by atoms with Crippen LogP contribution in [0.5, 0.6) is 0 Å². The van der Waals surface area contributed by atoms with Crippen LogP contribution in [0, 0.1) is 5.92 Å². The Morgan fingerprint density at radius 2 is 1.95 bits per heavy atom. The van der Waals surface area contributed by atoms with Crippen LogP contribution in [0.1, 0.15) is 49.3 Å². The molecule has 1 aliphatic carbocycles. The normalized spacial score (nSPS) is 21.4. The summed E-state index contributed by atoms with van der Waals surface area (Å²) >= 11 is 5.98. The van der Waals surface area contributed by atoms with Gasteiger partial charge in [0.2, 0.25) is 0 Å². The van der Waals surface area contributed by atoms with Crippen LogP contribution in [0.3, 0.4) is 0 Å². The van der Waals surface area contributed by atoms with Gasteiger partial charge in [0.25, 0.3) is 0 Å². The minimum Gasteiger partial charge on any atom is -0.313 e. The molecular weight excluding hydrogens is 270 g/mol. The van der Waals surface area contributed by atoms with E-state index in [-0.39, 0.29) is 0 Å². The van der Waals surface area contributed by atoms with E-state index in [4.69, 9.17) is 11.6 Å². The number of hydrogen-bond donors (Lipinski definition) is 0. The van der Waals surface area contributed by atoms with Gasteiger partial charge in [-0.1, -0.05) is 44.2 Å². The molecule has 2 atom stereocenters. The third kappa shape index (κ3) is 2.59. The van der Waals surface area contributed by atoms with Crippen LogP contribution >= 0.6 is 11.6 Å². The SMILES string of the molecule is CC(C)Cn1c(CCl)nnc1C1CC1c1ccccc1. The minimum atomic E-state index is 0.433. The third-order valence-electron chi connectivity index (χ3n) is 3.87. The molecule has 2 aromatic rings. The summed E-state index contributed by atoms with van der Waals surface area (Å²) in [6.45, 7) is 5.37. The topological polar surface area (TPSA) is 30.7 Å². The largest absolute Gasteiger partial charge is 0.313 e. The molecule has 1 aliphatic rings. The number of halogens is 1. The molecule has 0 bridgehead atoms. The van der Waals surface area contributed by atoms with Gasteiger partial charge in [0.05, 0.1) is 5.88 Å². The summed E-state index contributed by atoms with van der Waals surface area (Å²) in [7, 11) is 0. The van der Waals surface area contributed by atoms with Gasteiger partial charge in [0, 0.05) is 12.5 Å². The van der Waals surface area contributed by atoms with Crippen LogP contribution in [-0.4, -0.2) is 14.8 Å². The van der Waals surface area contributed by atoms with Gasteiger partial charge in [-0.3, -0.25) is 0 Å². The van der Waals surface area contributed by atoms with Crippen LogP contribution in [0.25, 0.3) is 0 Å². The molecule has 3 nitrogen and oxygen atoms in total. The first-order valence-corrected chi connectivity index (χ1v) is 7.77. The van der Waals surface area contributed by atoms with E-state index in [1.165, 1.54) is 12.0 Å². The summed E-state index contributed by atoms with van der Waals surface area (Å²) in [5.74, 6) is 4.11. The predicted octanol–water partition coefficient (Wildman–Crippen LogP) is 3.94. The average Bonchev–Trinajstić information content (AvgIpc) is 3.15. The molecule has 106 valence electrons. The van der Waals surface area contributed by atoms with E-state index in [1.54, 1.807) is 0 Å². The van der Waals surface area contributed by atoms with Gasteiger partial charge in [-0.25, -0.2) is 0 Å². The monoisotopic (exact) mass is 289 g/mol. The lowest BCUT2D eigenvalue weighted by molar-refractivity contribution is 0.496. The molecule has 0 radical (unpaired) electrons.